The third-order valence-electron chi connectivity index (χ3n) is 4.23. The van der Waals surface area contributed by atoms with Crippen molar-refractivity contribution in [2.24, 2.45) is 0 Å². The molecule has 1 amide bonds. The fraction of sp³-hybridized carbons (Fsp3) is 0.500. The summed E-state index contributed by atoms with van der Waals surface area (Å²) < 4.78 is 5.18. The van der Waals surface area contributed by atoms with Gasteiger partial charge in [0, 0.05) is 37.9 Å². The van der Waals surface area contributed by atoms with Crippen LogP contribution in [0, 0.1) is 6.92 Å². The van der Waals surface area contributed by atoms with Gasteiger partial charge in [0.25, 0.3) is 11.5 Å². The van der Waals surface area contributed by atoms with Crippen LogP contribution >= 0.6 is 0 Å². The molecule has 0 aromatic carbocycles. The maximum absolute atomic E-state index is 12.6. The van der Waals surface area contributed by atoms with Crippen molar-refractivity contribution in [2.45, 2.75) is 39.2 Å². The highest BCUT2D eigenvalue weighted by atomic mass is 16.5. The second-order valence-electron chi connectivity index (χ2n) is 5.92. The quantitative estimate of drug-likeness (QED) is 0.867. The van der Waals surface area contributed by atoms with Gasteiger partial charge in [-0.25, -0.2) is 4.98 Å². The van der Waals surface area contributed by atoms with Gasteiger partial charge in [-0.1, -0.05) is 12.1 Å². The van der Waals surface area contributed by atoms with E-state index < -0.39 is 0 Å². The van der Waals surface area contributed by atoms with Gasteiger partial charge < -0.3 is 19.7 Å². The number of hydrogen-bond acceptors (Lipinski definition) is 6. The van der Waals surface area contributed by atoms with Gasteiger partial charge in [-0.3, -0.25) is 9.59 Å². The zero-order valence-electron chi connectivity index (χ0n) is 13.8. The van der Waals surface area contributed by atoms with Crippen molar-refractivity contribution in [2.75, 3.05) is 18.0 Å². The standard InChI is InChI=1S/C16H21N5O3/c1-3-12-13(10(2)20-24-12)15(22)19-11-5-4-8-21(9-11)14-16(23)18-7-6-17-14/h6-7,11H,3-5,8-9H2,1-2H3,(H,18,23)(H,19,22)/t11-/m1/s1. The maximum Gasteiger partial charge on any atom is 0.290 e. The monoisotopic (exact) mass is 331 g/mol. The van der Waals surface area contributed by atoms with E-state index in [9.17, 15) is 9.59 Å². The van der Waals surface area contributed by atoms with Crippen molar-refractivity contribution in [3.8, 4) is 0 Å². The van der Waals surface area contributed by atoms with E-state index in [2.05, 4.69) is 20.4 Å². The summed E-state index contributed by atoms with van der Waals surface area (Å²) in [5.41, 5.74) is 0.899. The number of aryl methyl sites for hydroxylation is 2. The summed E-state index contributed by atoms with van der Waals surface area (Å²) in [6, 6.07) is -0.0494. The van der Waals surface area contributed by atoms with Crippen LogP contribution in [0.15, 0.2) is 21.7 Å². The second kappa shape index (κ2) is 6.86. The van der Waals surface area contributed by atoms with Crippen molar-refractivity contribution in [1.29, 1.82) is 0 Å². The Morgan fingerprint density at radius 3 is 3.12 bits per heavy atom. The second-order valence-corrected chi connectivity index (χ2v) is 5.92. The number of H-pyrrole nitrogens is 1. The van der Waals surface area contributed by atoms with Gasteiger partial charge in [-0.2, -0.15) is 0 Å². The van der Waals surface area contributed by atoms with Crippen LogP contribution in [-0.2, 0) is 6.42 Å². The van der Waals surface area contributed by atoms with Crippen LogP contribution in [0.5, 0.6) is 0 Å². The molecule has 1 fully saturated rings. The van der Waals surface area contributed by atoms with Crippen molar-refractivity contribution >= 4 is 11.7 Å². The van der Waals surface area contributed by atoms with Crippen LogP contribution < -0.4 is 15.8 Å². The van der Waals surface area contributed by atoms with Gasteiger partial charge in [-0.05, 0) is 19.8 Å². The van der Waals surface area contributed by atoms with Crippen LogP contribution in [0.1, 0.15) is 41.6 Å². The lowest BCUT2D eigenvalue weighted by molar-refractivity contribution is 0.0930. The van der Waals surface area contributed by atoms with Crippen LogP contribution in [0.25, 0.3) is 0 Å². The number of carbonyl (C=O) groups is 1. The molecule has 0 spiro atoms. The predicted molar refractivity (Wildman–Crippen MR) is 88.2 cm³/mol. The highest BCUT2D eigenvalue weighted by Gasteiger charge is 2.26. The van der Waals surface area contributed by atoms with E-state index in [0.717, 1.165) is 19.4 Å². The number of rotatable bonds is 4. The molecule has 1 atom stereocenters. The highest BCUT2D eigenvalue weighted by Crippen LogP contribution is 2.17. The molecule has 2 aromatic heterocycles. The summed E-state index contributed by atoms with van der Waals surface area (Å²) in [6.45, 7) is 4.99. The molecule has 3 heterocycles. The summed E-state index contributed by atoms with van der Waals surface area (Å²) in [5.74, 6) is 0.818. The SMILES string of the molecule is CCc1onc(C)c1C(=O)N[C@@H]1CCCN(c2ncc[nH]c2=O)C1. The summed E-state index contributed by atoms with van der Waals surface area (Å²) in [7, 11) is 0. The molecule has 0 radical (unpaired) electrons. The first kappa shape index (κ1) is 16.2. The molecule has 2 aromatic rings. The largest absolute Gasteiger partial charge is 0.360 e. The predicted octanol–water partition coefficient (Wildman–Crippen LogP) is 1.03. The number of hydrogen-bond donors (Lipinski definition) is 2. The molecule has 1 saturated heterocycles. The molecule has 24 heavy (non-hydrogen) atoms. The number of nitrogens with zero attached hydrogens (tertiary/aromatic N) is 3. The molecular weight excluding hydrogens is 310 g/mol. The normalized spacial score (nSPS) is 17.8. The molecule has 0 unspecified atom stereocenters. The Morgan fingerprint density at radius 1 is 1.54 bits per heavy atom. The molecule has 0 aliphatic carbocycles. The molecule has 2 N–H and O–H groups in total. The molecule has 0 bridgehead atoms. The number of nitrogens with one attached hydrogen (secondary N) is 2. The average Bonchev–Trinajstić information content (AvgIpc) is 2.96. The Balaban J connectivity index is 1.72. The number of anilines is 1. The minimum atomic E-state index is -0.215. The smallest absolute Gasteiger partial charge is 0.290 e. The first-order chi connectivity index (χ1) is 11.6. The number of aromatic amines is 1. The lowest BCUT2D eigenvalue weighted by Gasteiger charge is -2.33. The molecule has 1 aliphatic rings. The van der Waals surface area contributed by atoms with Gasteiger partial charge in [-0.15, -0.1) is 0 Å². The minimum Gasteiger partial charge on any atom is -0.360 e. The van der Waals surface area contributed by atoms with E-state index in [1.807, 2.05) is 11.8 Å². The van der Waals surface area contributed by atoms with E-state index in [1.165, 1.54) is 6.20 Å². The summed E-state index contributed by atoms with van der Waals surface area (Å²) >= 11 is 0. The molecule has 8 heteroatoms. The van der Waals surface area contributed by atoms with Gasteiger partial charge in [0.2, 0.25) is 0 Å². The lowest BCUT2D eigenvalue weighted by Crippen LogP contribution is -2.49. The molecule has 1 aliphatic heterocycles. The molecule has 8 nitrogen and oxygen atoms in total. The first-order valence-corrected chi connectivity index (χ1v) is 8.14. The third-order valence-corrected chi connectivity index (χ3v) is 4.23. The van der Waals surface area contributed by atoms with Crippen LogP contribution in [0.3, 0.4) is 0 Å². The van der Waals surface area contributed by atoms with Gasteiger partial charge in [0.1, 0.15) is 11.3 Å². The van der Waals surface area contributed by atoms with E-state index >= 15 is 0 Å². The molecule has 0 saturated carbocycles. The van der Waals surface area contributed by atoms with Gasteiger partial charge in [0.15, 0.2) is 5.82 Å². The molecular formula is C16H21N5O3. The Labute approximate surface area is 139 Å². The minimum absolute atomic E-state index is 0.0494. The Kier molecular flexibility index (Phi) is 4.64. The van der Waals surface area contributed by atoms with Crippen molar-refractivity contribution in [3.05, 3.63) is 39.8 Å². The molecule has 3 rings (SSSR count). The number of piperidine rings is 1. The first-order valence-electron chi connectivity index (χ1n) is 8.14. The van der Waals surface area contributed by atoms with Crippen LogP contribution in [0.4, 0.5) is 5.82 Å². The van der Waals surface area contributed by atoms with E-state index in [-0.39, 0.29) is 17.5 Å². The van der Waals surface area contributed by atoms with E-state index in [1.54, 1.807) is 13.1 Å². The van der Waals surface area contributed by atoms with Gasteiger partial charge in [0.05, 0.1) is 5.69 Å². The molecule has 128 valence electrons. The average molecular weight is 331 g/mol. The van der Waals surface area contributed by atoms with Crippen molar-refractivity contribution in [3.63, 3.8) is 0 Å². The van der Waals surface area contributed by atoms with Crippen molar-refractivity contribution in [1.82, 2.24) is 20.4 Å². The van der Waals surface area contributed by atoms with E-state index in [0.29, 0.717) is 35.8 Å². The summed E-state index contributed by atoms with van der Waals surface area (Å²) in [5, 5.41) is 6.91. The number of carbonyl (C=O) groups excluding carboxylic acids is 1. The fourth-order valence-electron chi connectivity index (χ4n) is 3.06. The zero-order valence-corrected chi connectivity index (χ0v) is 13.8. The van der Waals surface area contributed by atoms with Gasteiger partial charge >= 0.3 is 0 Å². The lowest BCUT2D eigenvalue weighted by atomic mass is 10.0. The Hall–Kier alpha value is -2.64. The number of aromatic nitrogens is 3. The third kappa shape index (κ3) is 3.17. The number of amides is 1. The summed E-state index contributed by atoms with van der Waals surface area (Å²) in [6.07, 6.45) is 5.43. The fourth-order valence-corrected chi connectivity index (χ4v) is 3.06. The van der Waals surface area contributed by atoms with Crippen LogP contribution in [0.2, 0.25) is 0 Å². The Bertz CT molecular complexity index is 782. The summed E-state index contributed by atoms with van der Waals surface area (Å²) in [4.78, 5) is 33.2. The van der Waals surface area contributed by atoms with E-state index in [4.69, 9.17) is 4.52 Å². The van der Waals surface area contributed by atoms with Crippen molar-refractivity contribution < 1.29 is 9.32 Å². The topological polar surface area (TPSA) is 104 Å². The zero-order chi connectivity index (χ0) is 17.1. The highest BCUT2D eigenvalue weighted by molar-refractivity contribution is 5.96. The Morgan fingerprint density at radius 2 is 2.38 bits per heavy atom. The maximum atomic E-state index is 12.6. The van der Waals surface area contributed by atoms with Crippen LogP contribution in [-0.4, -0.2) is 40.2 Å².